The molecule has 0 fully saturated rings. The summed E-state index contributed by atoms with van der Waals surface area (Å²) < 4.78 is 0. The molecule has 1 amide bonds. The number of rotatable bonds is 5. The van der Waals surface area contributed by atoms with Gasteiger partial charge in [-0.05, 0) is 50.3 Å². The van der Waals surface area contributed by atoms with E-state index in [4.69, 9.17) is 0 Å². The molecule has 0 bridgehead atoms. The van der Waals surface area contributed by atoms with E-state index in [1.54, 1.807) is 19.1 Å². The van der Waals surface area contributed by atoms with Crippen LogP contribution in [0.3, 0.4) is 0 Å². The van der Waals surface area contributed by atoms with Crippen LogP contribution < -0.4 is 5.32 Å². The highest BCUT2D eigenvalue weighted by molar-refractivity contribution is 8.00. The summed E-state index contributed by atoms with van der Waals surface area (Å²) in [7, 11) is 0. The number of amides is 1. The molecule has 1 N–H and O–H groups in total. The molecule has 0 radical (unpaired) electrons. The Labute approximate surface area is 159 Å². The van der Waals surface area contributed by atoms with E-state index >= 15 is 0 Å². The highest BCUT2D eigenvalue weighted by atomic mass is 32.2. The molecular weight excluding hydrogens is 370 g/mol. The van der Waals surface area contributed by atoms with Crippen LogP contribution in [-0.2, 0) is 17.6 Å². The van der Waals surface area contributed by atoms with E-state index in [2.05, 4.69) is 11.4 Å². The van der Waals surface area contributed by atoms with Crippen LogP contribution in [0.4, 0.5) is 10.7 Å². The van der Waals surface area contributed by atoms with Crippen LogP contribution in [0.1, 0.15) is 35.8 Å². The molecule has 1 heterocycles. The number of nitro benzene ring substituents is 1. The normalized spacial score (nSPS) is 14.2. The van der Waals surface area contributed by atoms with Gasteiger partial charge in [0, 0.05) is 21.9 Å². The Hall–Kier alpha value is -2.37. The molecule has 1 aromatic carbocycles. The lowest BCUT2D eigenvalue weighted by molar-refractivity contribution is -0.384. The number of nitro groups is 1. The Morgan fingerprint density at radius 3 is 2.69 bits per heavy atom. The van der Waals surface area contributed by atoms with Crippen molar-refractivity contribution in [3.63, 3.8) is 0 Å². The van der Waals surface area contributed by atoms with Crippen molar-refractivity contribution in [2.75, 3.05) is 5.32 Å². The zero-order valence-electron chi connectivity index (χ0n) is 14.2. The molecule has 0 spiro atoms. The smallest absolute Gasteiger partial charge is 0.269 e. The fourth-order valence-electron chi connectivity index (χ4n) is 2.89. The first kappa shape index (κ1) is 18.4. The molecule has 8 heteroatoms. The van der Waals surface area contributed by atoms with Gasteiger partial charge in [0.2, 0.25) is 5.91 Å². The number of nitriles is 1. The lowest BCUT2D eigenvalue weighted by Crippen LogP contribution is -2.22. The molecule has 0 saturated carbocycles. The van der Waals surface area contributed by atoms with Crippen LogP contribution in [0.5, 0.6) is 0 Å². The van der Waals surface area contributed by atoms with Gasteiger partial charge >= 0.3 is 0 Å². The number of carbonyl (C=O) groups excluding carboxylic acids is 1. The van der Waals surface area contributed by atoms with E-state index in [1.807, 2.05) is 0 Å². The van der Waals surface area contributed by atoms with E-state index in [0.29, 0.717) is 10.6 Å². The number of thiophene rings is 1. The summed E-state index contributed by atoms with van der Waals surface area (Å²) in [5, 5.41) is 23.3. The predicted molar refractivity (Wildman–Crippen MR) is 103 cm³/mol. The maximum atomic E-state index is 12.5. The highest BCUT2D eigenvalue weighted by Gasteiger charge is 2.23. The fourth-order valence-corrected chi connectivity index (χ4v) is 5.00. The molecule has 0 aliphatic heterocycles. The number of benzene rings is 1. The second kappa shape index (κ2) is 7.89. The van der Waals surface area contributed by atoms with Crippen LogP contribution in [0.25, 0.3) is 0 Å². The van der Waals surface area contributed by atoms with Gasteiger partial charge in [-0.15, -0.1) is 23.1 Å². The number of fused-ring (bicyclic) bond motifs is 1. The van der Waals surface area contributed by atoms with E-state index < -0.39 is 4.92 Å². The Kier molecular flexibility index (Phi) is 5.59. The fraction of sp³-hybridized carbons (Fsp3) is 0.333. The predicted octanol–water partition coefficient (Wildman–Crippen LogP) is 4.53. The van der Waals surface area contributed by atoms with E-state index in [9.17, 15) is 20.2 Å². The lowest BCUT2D eigenvalue weighted by atomic mass is 9.96. The Morgan fingerprint density at radius 1 is 1.35 bits per heavy atom. The third-order valence-electron chi connectivity index (χ3n) is 4.25. The molecule has 3 rings (SSSR count). The molecule has 26 heavy (non-hydrogen) atoms. The third-order valence-corrected chi connectivity index (χ3v) is 6.57. The molecule has 1 atom stereocenters. The van der Waals surface area contributed by atoms with Crippen molar-refractivity contribution < 1.29 is 9.72 Å². The van der Waals surface area contributed by atoms with Crippen LogP contribution in [0.15, 0.2) is 29.2 Å². The van der Waals surface area contributed by atoms with E-state index in [1.165, 1.54) is 40.1 Å². The quantitative estimate of drug-likeness (QED) is 0.462. The SMILES string of the molecule is CC(Sc1ccc([N+](=O)[O-])cc1)C(=O)Nc1sc2c(c1C#N)CCCC2. The zero-order valence-corrected chi connectivity index (χ0v) is 15.8. The van der Waals surface area contributed by atoms with Crippen LogP contribution in [0, 0.1) is 21.4 Å². The lowest BCUT2D eigenvalue weighted by Gasteiger charge is -2.11. The highest BCUT2D eigenvalue weighted by Crippen LogP contribution is 2.38. The summed E-state index contributed by atoms with van der Waals surface area (Å²) in [4.78, 5) is 24.8. The van der Waals surface area contributed by atoms with Crippen molar-refractivity contribution in [1.82, 2.24) is 0 Å². The van der Waals surface area contributed by atoms with Gasteiger partial charge in [-0.2, -0.15) is 5.26 Å². The summed E-state index contributed by atoms with van der Waals surface area (Å²) in [6, 6.07) is 8.36. The maximum absolute atomic E-state index is 12.5. The Morgan fingerprint density at radius 2 is 2.04 bits per heavy atom. The van der Waals surface area contributed by atoms with Gasteiger partial charge in [-0.25, -0.2) is 0 Å². The number of nitrogens with zero attached hydrogens (tertiary/aromatic N) is 2. The Balaban J connectivity index is 1.69. The monoisotopic (exact) mass is 387 g/mol. The van der Waals surface area contributed by atoms with Gasteiger partial charge in [-0.3, -0.25) is 14.9 Å². The summed E-state index contributed by atoms with van der Waals surface area (Å²) in [6.07, 6.45) is 4.08. The molecule has 1 aromatic heterocycles. The molecule has 6 nitrogen and oxygen atoms in total. The van der Waals surface area contributed by atoms with Crippen LogP contribution in [0.2, 0.25) is 0 Å². The number of aryl methyl sites for hydroxylation is 1. The van der Waals surface area contributed by atoms with Crippen molar-refractivity contribution >= 4 is 39.7 Å². The average Bonchev–Trinajstić information content (AvgIpc) is 2.99. The van der Waals surface area contributed by atoms with Crippen molar-refractivity contribution in [3.8, 4) is 6.07 Å². The minimum atomic E-state index is -0.452. The van der Waals surface area contributed by atoms with Crippen molar-refractivity contribution in [3.05, 3.63) is 50.4 Å². The number of non-ortho nitro benzene ring substituents is 1. The Bertz CT molecular complexity index is 884. The number of nitrogens with one attached hydrogen (secondary N) is 1. The standard InChI is InChI=1S/C18H17N3O3S2/c1-11(25-13-8-6-12(7-9-13)21(23)24)17(22)20-18-15(10-19)14-4-2-3-5-16(14)26-18/h6-9,11H,2-5H2,1H3,(H,20,22). The zero-order chi connectivity index (χ0) is 18.7. The van der Waals surface area contributed by atoms with E-state index in [0.717, 1.165) is 36.1 Å². The van der Waals surface area contributed by atoms with Crippen molar-refractivity contribution in [1.29, 1.82) is 5.26 Å². The van der Waals surface area contributed by atoms with Gasteiger partial charge in [0.05, 0.1) is 15.7 Å². The summed E-state index contributed by atoms with van der Waals surface area (Å²) in [5.74, 6) is -0.177. The molecule has 0 saturated heterocycles. The molecule has 134 valence electrons. The van der Waals surface area contributed by atoms with Crippen molar-refractivity contribution in [2.45, 2.75) is 42.8 Å². The number of carbonyl (C=O) groups is 1. The summed E-state index contributed by atoms with van der Waals surface area (Å²) in [5.41, 5.74) is 1.72. The number of hydrogen-bond acceptors (Lipinski definition) is 6. The van der Waals surface area contributed by atoms with Crippen LogP contribution in [-0.4, -0.2) is 16.1 Å². The van der Waals surface area contributed by atoms with Gasteiger partial charge in [0.25, 0.3) is 5.69 Å². The first-order valence-corrected chi connectivity index (χ1v) is 9.96. The van der Waals surface area contributed by atoms with Gasteiger partial charge < -0.3 is 5.32 Å². The third kappa shape index (κ3) is 3.89. The summed E-state index contributed by atoms with van der Waals surface area (Å²) in [6.45, 7) is 1.78. The first-order chi connectivity index (χ1) is 12.5. The summed E-state index contributed by atoms with van der Waals surface area (Å²) >= 11 is 2.83. The minimum absolute atomic E-state index is 0.0225. The maximum Gasteiger partial charge on any atom is 0.269 e. The molecule has 1 aliphatic carbocycles. The molecule has 1 unspecified atom stereocenters. The topological polar surface area (TPSA) is 96.0 Å². The first-order valence-electron chi connectivity index (χ1n) is 8.26. The number of thioether (sulfide) groups is 1. The molecule has 1 aliphatic rings. The second-order valence-electron chi connectivity index (χ2n) is 6.03. The van der Waals surface area contributed by atoms with Gasteiger partial charge in [0.1, 0.15) is 11.1 Å². The van der Waals surface area contributed by atoms with Crippen LogP contribution >= 0.6 is 23.1 Å². The minimum Gasteiger partial charge on any atom is -0.316 e. The van der Waals surface area contributed by atoms with Gasteiger partial charge in [0.15, 0.2) is 0 Å². The molecular formula is C18H17N3O3S2. The molecule has 2 aromatic rings. The largest absolute Gasteiger partial charge is 0.316 e. The number of hydrogen-bond donors (Lipinski definition) is 1. The van der Waals surface area contributed by atoms with E-state index in [-0.39, 0.29) is 16.8 Å². The average molecular weight is 387 g/mol. The van der Waals surface area contributed by atoms with Crippen molar-refractivity contribution in [2.24, 2.45) is 0 Å². The second-order valence-corrected chi connectivity index (χ2v) is 8.55. The van der Waals surface area contributed by atoms with Gasteiger partial charge in [-0.1, -0.05) is 0 Å². The number of anilines is 1.